The second-order valence-electron chi connectivity index (χ2n) is 5.36. The van der Waals surface area contributed by atoms with Crippen LogP contribution in [-0.2, 0) is 4.79 Å². The van der Waals surface area contributed by atoms with Crippen LogP contribution < -0.4 is 14.8 Å². The van der Waals surface area contributed by atoms with Gasteiger partial charge in [-0.25, -0.2) is 4.79 Å². The highest BCUT2D eigenvalue weighted by molar-refractivity contribution is 14.1. The maximum atomic E-state index is 12.5. The highest BCUT2D eigenvalue weighted by atomic mass is 127. The second kappa shape index (κ2) is 8.85. The number of esters is 1. The standard InChI is InChI=1S/C19H14INO4S2/c1-2-24-15-9-11(10-16-17(22)21-19(26)27-16)7-8-14(15)25-18(23)12-5-3-4-6-13(12)20/h3-10H,2H2,1H3,(H,21,22,26)/b16-10+. The predicted octanol–water partition coefficient (Wildman–Crippen LogP) is 4.40. The highest BCUT2D eigenvalue weighted by Gasteiger charge is 2.22. The molecule has 2 aromatic carbocycles. The van der Waals surface area contributed by atoms with Gasteiger partial charge in [-0.05, 0) is 65.4 Å². The number of ether oxygens (including phenoxy) is 2. The fraction of sp³-hybridized carbons (Fsp3) is 0.105. The second-order valence-corrected chi connectivity index (χ2v) is 8.24. The van der Waals surface area contributed by atoms with Crippen LogP contribution in [0.3, 0.4) is 0 Å². The lowest BCUT2D eigenvalue weighted by Gasteiger charge is -2.12. The molecule has 0 aromatic heterocycles. The van der Waals surface area contributed by atoms with Gasteiger partial charge in [0.2, 0.25) is 0 Å². The van der Waals surface area contributed by atoms with Gasteiger partial charge in [-0.15, -0.1) is 0 Å². The van der Waals surface area contributed by atoms with Gasteiger partial charge in [0, 0.05) is 3.57 Å². The zero-order chi connectivity index (χ0) is 19.4. The minimum absolute atomic E-state index is 0.225. The first-order valence-electron chi connectivity index (χ1n) is 7.96. The number of rotatable bonds is 5. The molecule has 0 atom stereocenters. The van der Waals surface area contributed by atoms with Gasteiger partial charge < -0.3 is 14.8 Å². The Labute approximate surface area is 179 Å². The largest absolute Gasteiger partial charge is 0.490 e. The summed E-state index contributed by atoms with van der Waals surface area (Å²) in [5.74, 6) is 0.0695. The van der Waals surface area contributed by atoms with Gasteiger partial charge in [0.25, 0.3) is 5.91 Å². The fourth-order valence-corrected chi connectivity index (χ4v) is 3.97. The molecular weight excluding hydrogens is 497 g/mol. The summed E-state index contributed by atoms with van der Waals surface area (Å²) in [5, 5.41) is 2.57. The summed E-state index contributed by atoms with van der Waals surface area (Å²) in [7, 11) is 0. The Balaban J connectivity index is 1.87. The first-order chi connectivity index (χ1) is 13.0. The van der Waals surface area contributed by atoms with Crippen LogP contribution in [0.15, 0.2) is 47.4 Å². The summed E-state index contributed by atoms with van der Waals surface area (Å²) in [6.45, 7) is 2.25. The van der Waals surface area contributed by atoms with E-state index in [1.54, 1.807) is 36.4 Å². The van der Waals surface area contributed by atoms with Crippen LogP contribution in [0.4, 0.5) is 0 Å². The van der Waals surface area contributed by atoms with Crippen molar-refractivity contribution in [3.05, 3.63) is 62.1 Å². The Hall–Kier alpha value is -1.91. The Kier molecular flexibility index (Phi) is 6.51. The Morgan fingerprint density at radius 2 is 2.04 bits per heavy atom. The summed E-state index contributed by atoms with van der Waals surface area (Å²) in [6.07, 6.45) is 1.72. The van der Waals surface area contributed by atoms with Crippen molar-refractivity contribution in [2.45, 2.75) is 6.92 Å². The van der Waals surface area contributed by atoms with Gasteiger partial charge in [0.15, 0.2) is 11.5 Å². The summed E-state index contributed by atoms with van der Waals surface area (Å²) in [6, 6.07) is 12.3. The smallest absolute Gasteiger partial charge is 0.344 e. The quantitative estimate of drug-likeness (QED) is 0.211. The van der Waals surface area contributed by atoms with E-state index in [9.17, 15) is 9.59 Å². The lowest BCUT2D eigenvalue weighted by atomic mass is 10.1. The third-order valence-corrected chi connectivity index (χ3v) is 5.61. The third-order valence-electron chi connectivity index (χ3n) is 3.50. The van der Waals surface area contributed by atoms with Crippen LogP contribution in [0.25, 0.3) is 6.08 Å². The number of amides is 1. The lowest BCUT2D eigenvalue weighted by Crippen LogP contribution is -2.17. The molecule has 1 aliphatic rings. The molecule has 27 heavy (non-hydrogen) atoms. The molecule has 138 valence electrons. The van der Waals surface area contributed by atoms with Gasteiger partial charge in [-0.1, -0.05) is 42.2 Å². The van der Waals surface area contributed by atoms with Crippen molar-refractivity contribution in [3.63, 3.8) is 0 Å². The number of carbonyl (C=O) groups excluding carboxylic acids is 2. The minimum Gasteiger partial charge on any atom is -0.490 e. The normalized spacial score (nSPS) is 15.0. The predicted molar refractivity (Wildman–Crippen MR) is 118 cm³/mol. The van der Waals surface area contributed by atoms with Gasteiger partial charge >= 0.3 is 5.97 Å². The van der Waals surface area contributed by atoms with Gasteiger partial charge in [-0.2, -0.15) is 0 Å². The minimum atomic E-state index is -0.455. The zero-order valence-corrected chi connectivity index (χ0v) is 17.9. The van der Waals surface area contributed by atoms with E-state index in [0.29, 0.717) is 32.9 Å². The SMILES string of the molecule is CCOc1cc(/C=C2/SC(=S)NC2=O)ccc1OC(=O)c1ccccc1I. The molecule has 0 bridgehead atoms. The summed E-state index contributed by atoms with van der Waals surface area (Å²) >= 11 is 8.29. The molecule has 2 aromatic rings. The average molecular weight is 511 g/mol. The summed E-state index contributed by atoms with van der Waals surface area (Å²) < 4.78 is 12.4. The molecule has 1 aliphatic heterocycles. The van der Waals surface area contributed by atoms with Gasteiger partial charge in [0.05, 0.1) is 17.1 Å². The molecule has 3 rings (SSSR count). The van der Waals surface area contributed by atoms with Crippen molar-refractivity contribution in [1.82, 2.24) is 5.32 Å². The van der Waals surface area contributed by atoms with E-state index in [1.807, 2.05) is 19.1 Å². The van der Waals surface area contributed by atoms with E-state index < -0.39 is 5.97 Å². The van der Waals surface area contributed by atoms with Crippen LogP contribution >= 0.6 is 46.6 Å². The number of benzene rings is 2. The molecule has 0 spiro atoms. The lowest BCUT2D eigenvalue weighted by molar-refractivity contribution is -0.115. The Morgan fingerprint density at radius 3 is 2.70 bits per heavy atom. The summed E-state index contributed by atoms with van der Waals surface area (Å²) in [5.41, 5.74) is 1.23. The molecule has 8 heteroatoms. The molecular formula is C19H14INO4S2. The van der Waals surface area contributed by atoms with Crippen molar-refractivity contribution >= 4 is 68.8 Å². The van der Waals surface area contributed by atoms with E-state index in [0.717, 1.165) is 9.13 Å². The first kappa shape index (κ1) is 19.8. The summed E-state index contributed by atoms with van der Waals surface area (Å²) in [4.78, 5) is 24.8. The molecule has 0 unspecified atom stereocenters. The van der Waals surface area contributed by atoms with Crippen LogP contribution in [0.5, 0.6) is 11.5 Å². The van der Waals surface area contributed by atoms with Crippen molar-refractivity contribution in [2.75, 3.05) is 6.61 Å². The van der Waals surface area contributed by atoms with E-state index in [4.69, 9.17) is 21.7 Å². The number of thioether (sulfide) groups is 1. The number of carbonyl (C=O) groups is 2. The Bertz CT molecular complexity index is 958. The van der Waals surface area contributed by atoms with Crippen molar-refractivity contribution in [3.8, 4) is 11.5 Å². The van der Waals surface area contributed by atoms with E-state index in [-0.39, 0.29) is 5.91 Å². The molecule has 0 aliphatic carbocycles. The van der Waals surface area contributed by atoms with Gasteiger partial charge in [-0.3, -0.25) is 4.79 Å². The number of nitrogens with one attached hydrogen (secondary N) is 1. The first-order valence-corrected chi connectivity index (χ1v) is 10.3. The maximum Gasteiger partial charge on any atom is 0.344 e. The molecule has 1 saturated heterocycles. The number of halogens is 1. The molecule has 0 saturated carbocycles. The average Bonchev–Trinajstić information content (AvgIpc) is 2.95. The maximum absolute atomic E-state index is 12.5. The van der Waals surface area contributed by atoms with Crippen molar-refractivity contribution < 1.29 is 19.1 Å². The van der Waals surface area contributed by atoms with Crippen molar-refractivity contribution in [2.24, 2.45) is 0 Å². The van der Waals surface area contributed by atoms with Crippen molar-refractivity contribution in [1.29, 1.82) is 0 Å². The van der Waals surface area contributed by atoms with E-state index in [1.165, 1.54) is 11.8 Å². The third kappa shape index (κ3) is 4.88. The highest BCUT2D eigenvalue weighted by Crippen LogP contribution is 2.32. The molecule has 1 amide bonds. The van der Waals surface area contributed by atoms with Crippen LogP contribution in [0.1, 0.15) is 22.8 Å². The van der Waals surface area contributed by atoms with Crippen LogP contribution in [-0.4, -0.2) is 22.8 Å². The molecule has 1 N–H and O–H groups in total. The molecule has 5 nitrogen and oxygen atoms in total. The topological polar surface area (TPSA) is 64.6 Å². The molecule has 0 radical (unpaired) electrons. The number of hydrogen-bond donors (Lipinski definition) is 1. The molecule has 1 fully saturated rings. The monoisotopic (exact) mass is 511 g/mol. The molecule has 1 heterocycles. The van der Waals surface area contributed by atoms with E-state index >= 15 is 0 Å². The number of hydrogen-bond acceptors (Lipinski definition) is 6. The zero-order valence-electron chi connectivity index (χ0n) is 14.2. The Morgan fingerprint density at radius 1 is 1.26 bits per heavy atom. The number of thiocarbonyl (C=S) groups is 1. The van der Waals surface area contributed by atoms with Crippen LogP contribution in [0.2, 0.25) is 0 Å². The fourth-order valence-electron chi connectivity index (χ4n) is 2.32. The van der Waals surface area contributed by atoms with E-state index in [2.05, 4.69) is 27.9 Å². The van der Waals surface area contributed by atoms with Gasteiger partial charge in [0.1, 0.15) is 4.32 Å². The van der Waals surface area contributed by atoms with Crippen LogP contribution in [0, 0.1) is 3.57 Å².